The Kier molecular flexibility index (Phi) is 8.88. The van der Waals surface area contributed by atoms with Gasteiger partial charge in [0.2, 0.25) is 5.96 Å². The van der Waals surface area contributed by atoms with Gasteiger partial charge >= 0.3 is 6.03 Å². The molecule has 2 aromatic carbocycles. The second-order valence-electron chi connectivity index (χ2n) is 8.85. The van der Waals surface area contributed by atoms with Crippen LogP contribution in [0.3, 0.4) is 0 Å². The van der Waals surface area contributed by atoms with Gasteiger partial charge in [-0.25, -0.2) is 9.79 Å². The van der Waals surface area contributed by atoms with Crippen LogP contribution in [0.2, 0.25) is 0 Å². The van der Waals surface area contributed by atoms with Crippen LogP contribution < -0.4 is 16.0 Å². The van der Waals surface area contributed by atoms with Crippen molar-refractivity contribution in [2.24, 2.45) is 4.99 Å². The minimum atomic E-state index is -0.265. The van der Waals surface area contributed by atoms with Gasteiger partial charge in [-0.3, -0.25) is 10.6 Å². The summed E-state index contributed by atoms with van der Waals surface area (Å²) >= 11 is 0. The van der Waals surface area contributed by atoms with Crippen LogP contribution in [0.4, 0.5) is 10.5 Å². The van der Waals surface area contributed by atoms with E-state index in [0.717, 1.165) is 61.8 Å². The molecule has 0 fully saturated rings. The molecule has 2 aromatic rings. The summed E-state index contributed by atoms with van der Waals surface area (Å²) < 4.78 is 0. The molecular weight excluding hydrogens is 400 g/mol. The number of nitrogens with one attached hydrogen (secondary N) is 3. The van der Waals surface area contributed by atoms with Crippen molar-refractivity contribution in [2.75, 3.05) is 39.0 Å². The van der Waals surface area contributed by atoms with E-state index in [1.54, 1.807) is 0 Å². The molecule has 0 bridgehead atoms. The van der Waals surface area contributed by atoms with Crippen LogP contribution in [-0.4, -0.2) is 67.7 Å². The number of benzene rings is 2. The first-order chi connectivity index (χ1) is 15.5. The summed E-state index contributed by atoms with van der Waals surface area (Å²) in [4.78, 5) is 22.0. The zero-order valence-electron chi connectivity index (χ0n) is 19.9. The minimum absolute atomic E-state index is 0.0217. The fourth-order valence-electron chi connectivity index (χ4n) is 4.09. The smallest absolute Gasteiger partial charge is 0.325 e. The number of nitrogens with zero attached hydrogens (tertiary/aromatic N) is 3. The number of guanidine groups is 1. The lowest BCUT2D eigenvalue weighted by molar-refractivity contribution is 0.240. The van der Waals surface area contributed by atoms with Crippen molar-refractivity contribution in [1.82, 2.24) is 20.4 Å². The summed E-state index contributed by atoms with van der Waals surface area (Å²) in [6, 6.07) is 14.1. The SMILES string of the molecule is CCCN1C(NC(=O)Nc2ccc3ccccc3c2)=NC(NCCCCN(C)C)CC1C. The molecule has 0 saturated carbocycles. The summed E-state index contributed by atoms with van der Waals surface area (Å²) in [5.74, 6) is 0.648. The van der Waals surface area contributed by atoms with Crippen molar-refractivity contribution in [3.05, 3.63) is 42.5 Å². The number of amides is 2. The number of urea groups is 1. The van der Waals surface area contributed by atoms with Gasteiger partial charge in [-0.2, -0.15) is 0 Å². The van der Waals surface area contributed by atoms with E-state index < -0.39 is 0 Å². The third-order valence-corrected chi connectivity index (χ3v) is 5.76. The van der Waals surface area contributed by atoms with Gasteiger partial charge < -0.3 is 15.1 Å². The van der Waals surface area contributed by atoms with E-state index in [9.17, 15) is 4.79 Å². The number of carbonyl (C=O) groups is 1. The molecule has 0 aliphatic carbocycles. The molecule has 2 amide bonds. The van der Waals surface area contributed by atoms with E-state index in [2.05, 4.69) is 59.8 Å². The largest absolute Gasteiger partial charge is 0.340 e. The summed E-state index contributed by atoms with van der Waals surface area (Å²) in [7, 11) is 4.20. The number of fused-ring (bicyclic) bond motifs is 1. The average Bonchev–Trinajstić information content (AvgIpc) is 2.75. The highest BCUT2D eigenvalue weighted by Gasteiger charge is 2.28. The van der Waals surface area contributed by atoms with Crippen molar-refractivity contribution in [1.29, 1.82) is 0 Å². The maximum absolute atomic E-state index is 12.8. The average molecular weight is 439 g/mol. The normalized spacial score (nSPS) is 18.7. The van der Waals surface area contributed by atoms with Crippen LogP contribution in [-0.2, 0) is 0 Å². The highest BCUT2D eigenvalue weighted by Crippen LogP contribution is 2.19. The fourth-order valence-corrected chi connectivity index (χ4v) is 4.09. The third kappa shape index (κ3) is 6.93. The number of hydrogen-bond donors (Lipinski definition) is 3. The monoisotopic (exact) mass is 438 g/mol. The molecule has 7 heteroatoms. The molecule has 32 heavy (non-hydrogen) atoms. The molecule has 0 spiro atoms. The van der Waals surface area contributed by atoms with Gasteiger partial charge in [0.1, 0.15) is 6.17 Å². The molecule has 174 valence electrons. The summed E-state index contributed by atoms with van der Waals surface area (Å²) in [5.41, 5.74) is 0.767. The Morgan fingerprint density at radius 2 is 1.91 bits per heavy atom. The molecule has 0 aromatic heterocycles. The third-order valence-electron chi connectivity index (χ3n) is 5.76. The first-order valence-electron chi connectivity index (χ1n) is 11.8. The van der Waals surface area contributed by atoms with E-state index in [1.165, 1.54) is 0 Å². The predicted molar refractivity (Wildman–Crippen MR) is 134 cm³/mol. The topological polar surface area (TPSA) is 72.0 Å². The Balaban J connectivity index is 1.62. The van der Waals surface area contributed by atoms with Crippen molar-refractivity contribution < 1.29 is 4.79 Å². The zero-order valence-corrected chi connectivity index (χ0v) is 19.9. The Morgan fingerprint density at radius 3 is 2.66 bits per heavy atom. The van der Waals surface area contributed by atoms with Gasteiger partial charge in [0.05, 0.1) is 0 Å². The Morgan fingerprint density at radius 1 is 1.12 bits per heavy atom. The van der Waals surface area contributed by atoms with Crippen LogP contribution in [0, 0.1) is 0 Å². The quantitative estimate of drug-likeness (QED) is 0.516. The van der Waals surface area contributed by atoms with Crippen LogP contribution in [0.5, 0.6) is 0 Å². The summed E-state index contributed by atoms with van der Waals surface area (Å²) in [5, 5.41) is 11.8. The van der Waals surface area contributed by atoms with Crippen LogP contribution >= 0.6 is 0 Å². The maximum atomic E-state index is 12.8. The van der Waals surface area contributed by atoms with Crippen LogP contribution in [0.1, 0.15) is 39.5 Å². The molecule has 1 aliphatic rings. The lowest BCUT2D eigenvalue weighted by Gasteiger charge is -2.38. The molecule has 1 heterocycles. The van der Waals surface area contributed by atoms with Crippen molar-refractivity contribution >= 4 is 28.5 Å². The lowest BCUT2D eigenvalue weighted by Crippen LogP contribution is -2.55. The molecule has 3 rings (SSSR count). The number of anilines is 1. The summed E-state index contributed by atoms with van der Waals surface area (Å²) in [6.07, 6.45) is 4.23. The van der Waals surface area contributed by atoms with E-state index in [0.29, 0.717) is 12.0 Å². The first kappa shape index (κ1) is 24.0. The molecule has 1 aliphatic heterocycles. The highest BCUT2D eigenvalue weighted by atomic mass is 16.2. The fraction of sp³-hybridized carbons (Fsp3) is 0.520. The Labute approximate surface area is 192 Å². The van der Waals surface area contributed by atoms with Crippen molar-refractivity contribution in [2.45, 2.75) is 51.7 Å². The van der Waals surface area contributed by atoms with Crippen LogP contribution in [0.25, 0.3) is 10.8 Å². The van der Waals surface area contributed by atoms with Gasteiger partial charge in [-0.15, -0.1) is 0 Å². The van der Waals surface area contributed by atoms with Gasteiger partial charge in [0.25, 0.3) is 0 Å². The van der Waals surface area contributed by atoms with Gasteiger partial charge in [-0.1, -0.05) is 37.3 Å². The van der Waals surface area contributed by atoms with E-state index in [4.69, 9.17) is 4.99 Å². The standard InChI is InChI=1S/C25H38N6O/c1-5-15-31-19(2)17-23(26-14-8-9-16-30(3)4)28-24(31)29-25(32)27-22-13-12-20-10-6-7-11-21(20)18-22/h6-7,10-13,18-19,23,26H,5,8-9,14-17H2,1-4H3,(H2,27,28,29,32). The molecule has 0 radical (unpaired) electrons. The molecule has 7 nitrogen and oxygen atoms in total. The number of aliphatic imine (C=N–C) groups is 1. The Hall–Kier alpha value is -2.64. The first-order valence-corrected chi connectivity index (χ1v) is 11.8. The van der Waals surface area contributed by atoms with Crippen LogP contribution in [0.15, 0.2) is 47.5 Å². The molecule has 2 unspecified atom stereocenters. The molecular formula is C25H38N6O. The second-order valence-corrected chi connectivity index (χ2v) is 8.85. The number of carbonyl (C=O) groups excluding carboxylic acids is 1. The predicted octanol–water partition coefficient (Wildman–Crippen LogP) is 4.08. The van der Waals surface area contributed by atoms with E-state index in [-0.39, 0.29) is 12.2 Å². The zero-order chi connectivity index (χ0) is 22.9. The molecule has 0 saturated heterocycles. The minimum Gasteiger partial charge on any atom is -0.340 e. The molecule has 2 atom stereocenters. The van der Waals surface area contributed by atoms with E-state index in [1.807, 2.05) is 36.4 Å². The lowest BCUT2D eigenvalue weighted by atomic mass is 10.1. The van der Waals surface area contributed by atoms with Gasteiger partial charge in [0, 0.05) is 24.7 Å². The molecule has 3 N–H and O–H groups in total. The van der Waals surface area contributed by atoms with E-state index >= 15 is 0 Å². The van der Waals surface area contributed by atoms with Crippen molar-refractivity contribution in [3.63, 3.8) is 0 Å². The Bertz CT molecular complexity index is 912. The van der Waals surface area contributed by atoms with Gasteiger partial charge in [-0.05, 0) is 76.3 Å². The number of rotatable bonds is 9. The van der Waals surface area contributed by atoms with Gasteiger partial charge in [0.15, 0.2) is 0 Å². The maximum Gasteiger partial charge on any atom is 0.325 e. The highest BCUT2D eigenvalue weighted by molar-refractivity contribution is 6.03. The summed E-state index contributed by atoms with van der Waals surface area (Å²) in [6.45, 7) is 7.24. The number of unbranched alkanes of at least 4 members (excludes halogenated alkanes) is 1. The number of hydrogen-bond acceptors (Lipinski definition) is 5. The second kappa shape index (κ2) is 11.8. The van der Waals surface area contributed by atoms with Crippen molar-refractivity contribution in [3.8, 4) is 0 Å².